The van der Waals surface area contributed by atoms with Crippen LogP contribution in [-0.2, 0) is 27.9 Å². The lowest BCUT2D eigenvalue weighted by Crippen LogP contribution is -2.37. The van der Waals surface area contributed by atoms with Gasteiger partial charge in [-0.2, -0.15) is 0 Å². The molecule has 9 heteroatoms. The van der Waals surface area contributed by atoms with Crippen molar-refractivity contribution in [3.63, 3.8) is 0 Å². The summed E-state index contributed by atoms with van der Waals surface area (Å²) in [4.78, 5) is 23.0. The van der Waals surface area contributed by atoms with Crippen LogP contribution in [0, 0.1) is 0 Å². The maximum Gasteiger partial charge on any atom is 0.472 e. The number of unbranched alkanes of at least 4 members (excludes halogenated alkanes) is 11. The van der Waals surface area contributed by atoms with Gasteiger partial charge in [-0.15, -0.1) is 0 Å². The van der Waals surface area contributed by atoms with E-state index in [9.17, 15) is 14.3 Å². The number of carbonyl (C=O) groups excluding carboxylic acids is 1. The van der Waals surface area contributed by atoms with Gasteiger partial charge in [0.25, 0.3) is 0 Å². The van der Waals surface area contributed by atoms with Crippen LogP contribution in [0.2, 0.25) is 0 Å². The first-order valence-corrected chi connectivity index (χ1v) is 26.8. The largest absolute Gasteiger partial charge is 0.472 e. The molecular formula is C56H95NO7P+. The van der Waals surface area contributed by atoms with Crippen LogP contribution in [0.4, 0.5) is 0 Å². The molecule has 2 atom stereocenters. The van der Waals surface area contributed by atoms with Crippen molar-refractivity contribution in [1.82, 2.24) is 0 Å². The lowest BCUT2D eigenvalue weighted by atomic mass is 10.1. The molecule has 0 heterocycles. The second-order valence-corrected chi connectivity index (χ2v) is 18.9. The SMILES string of the molecule is CC/C=C\C/C=C\C/C=C\C/C=C\C/C=C\C/C=C\CCCCCCCCCOCC(COP(=O)(O)OCC[N+](C)(C)C)OC(=O)CCCCCC/C=C\C/C=C\C/C=C\C/C=C\CC. The van der Waals surface area contributed by atoms with Crippen LogP contribution in [0.25, 0.3) is 0 Å². The molecule has 0 aliphatic carbocycles. The molecule has 0 fully saturated rings. The van der Waals surface area contributed by atoms with Gasteiger partial charge in [-0.3, -0.25) is 13.8 Å². The number of phosphoric ester groups is 1. The van der Waals surface area contributed by atoms with E-state index in [0.717, 1.165) is 122 Å². The van der Waals surface area contributed by atoms with Crippen molar-refractivity contribution >= 4 is 13.8 Å². The number of ether oxygens (including phenoxy) is 2. The Hall–Kier alpha value is -3.10. The molecule has 0 aliphatic heterocycles. The summed E-state index contributed by atoms with van der Waals surface area (Å²) < 4.78 is 35.1. The van der Waals surface area contributed by atoms with E-state index in [1.54, 1.807) is 0 Å². The Morgan fingerprint density at radius 1 is 0.477 bits per heavy atom. The number of allylic oxidation sites excluding steroid dienone is 20. The highest BCUT2D eigenvalue weighted by atomic mass is 31.2. The maximum atomic E-state index is 12.7. The van der Waals surface area contributed by atoms with Crippen molar-refractivity contribution < 1.29 is 37.3 Å². The van der Waals surface area contributed by atoms with Crippen LogP contribution >= 0.6 is 7.82 Å². The van der Waals surface area contributed by atoms with Gasteiger partial charge in [0.2, 0.25) is 0 Å². The molecule has 0 aromatic rings. The molecule has 8 nitrogen and oxygen atoms in total. The van der Waals surface area contributed by atoms with E-state index >= 15 is 0 Å². The second-order valence-electron chi connectivity index (χ2n) is 17.4. The molecule has 65 heavy (non-hydrogen) atoms. The van der Waals surface area contributed by atoms with Gasteiger partial charge in [0.1, 0.15) is 19.3 Å². The zero-order valence-electron chi connectivity index (χ0n) is 41.9. The van der Waals surface area contributed by atoms with Crippen molar-refractivity contribution in [2.24, 2.45) is 0 Å². The maximum absolute atomic E-state index is 12.7. The minimum atomic E-state index is -4.30. The summed E-state index contributed by atoms with van der Waals surface area (Å²) in [5.74, 6) is -0.347. The summed E-state index contributed by atoms with van der Waals surface area (Å²) in [6, 6.07) is 0. The van der Waals surface area contributed by atoms with Crippen molar-refractivity contribution in [3.05, 3.63) is 122 Å². The molecule has 0 spiro atoms. The Bertz CT molecular complexity index is 1450. The Kier molecular flexibility index (Phi) is 45.1. The first-order valence-electron chi connectivity index (χ1n) is 25.3. The Balaban J connectivity index is 4.24. The van der Waals surface area contributed by atoms with Crippen LogP contribution in [0.15, 0.2) is 122 Å². The van der Waals surface area contributed by atoms with E-state index in [-0.39, 0.29) is 25.8 Å². The summed E-state index contributed by atoms with van der Waals surface area (Å²) >= 11 is 0. The van der Waals surface area contributed by atoms with Gasteiger partial charge in [-0.25, -0.2) is 4.57 Å². The topological polar surface area (TPSA) is 91.3 Å². The number of quaternary nitrogens is 1. The molecule has 2 unspecified atom stereocenters. The molecule has 0 rings (SSSR count). The van der Waals surface area contributed by atoms with Gasteiger partial charge in [0.05, 0.1) is 34.4 Å². The molecule has 0 bridgehead atoms. The number of phosphoric acid groups is 1. The fraction of sp³-hybridized carbons (Fsp3) is 0.625. The molecule has 1 N–H and O–H groups in total. The summed E-state index contributed by atoms with van der Waals surface area (Å²) in [6.07, 6.45) is 68.2. The molecule has 0 radical (unpaired) electrons. The van der Waals surface area contributed by atoms with Crippen molar-refractivity contribution in [2.45, 2.75) is 174 Å². The Morgan fingerprint density at radius 3 is 1.26 bits per heavy atom. The van der Waals surface area contributed by atoms with Gasteiger partial charge < -0.3 is 18.9 Å². The Labute approximate surface area is 399 Å². The van der Waals surface area contributed by atoms with E-state index in [4.69, 9.17) is 18.5 Å². The van der Waals surface area contributed by atoms with Gasteiger partial charge in [0, 0.05) is 13.0 Å². The average molecular weight is 925 g/mol. The van der Waals surface area contributed by atoms with E-state index in [0.29, 0.717) is 24.1 Å². The van der Waals surface area contributed by atoms with E-state index < -0.39 is 13.9 Å². The van der Waals surface area contributed by atoms with Crippen LogP contribution < -0.4 is 0 Å². The van der Waals surface area contributed by atoms with Crippen LogP contribution in [-0.4, -0.2) is 75.6 Å². The van der Waals surface area contributed by atoms with Crippen LogP contribution in [0.1, 0.15) is 168 Å². The fourth-order valence-electron chi connectivity index (χ4n) is 6.19. The predicted octanol–water partition coefficient (Wildman–Crippen LogP) is 15.7. The average Bonchev–Trinajstić information content (AvgIpc) is 3.27. The zero-order valence-corrected chi connectivity index (χ0v) is 42.8. The zero-order chi connectivity index (χ0) is 47.6. The van der Waals surface area contributed by atoms with Crippen molar-refractivity contribution in [1.29, 1.82) is 0 Å². The van der Waals surface area contributed by atoms with Gasteiger partial charge in [0.15, 0.2) is 0 Å². The lowest BCUT2D eigenvalue weighted by molar-refractivity contribution is -0.870. The number of hydrogen-bond donors (Lipinski definition) is 1. The first-order chi connectivity index (χ1) is 31.6. The van der Waals surface area contributed by atoms with Gasteiger partial charge in [-0.1, -0.05) is 180 Å². The molecule has 0 amide bonds. The predicted molar refractivity (Wildman–Crippen MR) is 279 cm³/mol. The lowest BCUT2D eigenvalue weighted by Gasteiger charge is -2.24. The molecular weight excluding hydrogens is 830 g/mol. The molecule has 370 valence electrons. The van der Waals surface area contributed by atoms with Crippen molar-refractivity contribution in [3.8, 4) is 0 Å². The third kappa shape index (κ3) is 51.7. The minimum absolute atomic E-state index is 0.0734. The number of esters is 1. The molecule has 0 aromatic carbocycles. The third-order valence-corrected chi connectivity index (χ3v) is 11.0. The smallest absolute Gasteiger partial charge is 0.457 e. The molecule has 0 aliphatic rings. The molecule has 0 saturated heterocycles. The second kappa shape index (κ2) is 47.4. The van der Waals surface area contributed by atoms with Crippen LogP contribution in [0.3, 0.4) is 0 Å². The van der Waals surface area contributed by atoms with E-state index in [2.05, 4.69) is 135 Å². The third-order valence-electron chi connectivity index (χ3n) is 10.0. The highest BCUT2D eigenvalue weighted by Crippen LogP contribution is 2.43. The van der Waals surface area contributed by atoms with Gasteiger partial charge >= 0.3 is 13.8 Å². The number of nitrogens with zero attached hydrogens (tertiary/aromatic N) is 1. The molecule has 0 saturated carbocycles. The van der Waals surface area contributed by atoms with Gasteiger partial charge in [-0.05, 0) is 103 Å². The molecule has 0 aromatic heterocycles. The Morgan fingerprint density at radius 2 is 0.846 bits per heavy atom. The first kappa shape index (κ1) is 61.9. The number of rotatable bonds is 45. The normalized spacial score (nSPS) is 14.6. The minimum Gasteiger partial charge on any atom is -0.457 e. The monoisotopic (exact) mass is 925 g/mol. The summed E-state index contributed by atoms with van der Waals surface area (Å²) in [5.41, 5.74) is 0. The summed E-state index contributed by atoms with van der Waals surface area (Å²) in [6.45, 7) is 5.30. The fourth-order valence-corrected chi connectivity index (χ4v) is 6.93. The highest BCUT2D eigenvalue weighted by molar-refractivity contribution is 7.47. The summed E-state index contributed by atoms with van der Waals surface area (Å²) in [5, 5.41) is 0. The number of likely N-dealkylation sites (N-methyl/N-ethyl adjacent to an activating group) is 1. The number of carbonyl (C=O) groups is 1. The van der Waals surface area contributed by atoms with Crippen molar-refractivity contribution in [2.75, 3.05) is 54.1 Å². The van der Waals surface area contributed by atoms with E-state index in [1.807, 2.05) is 21.1 Å². The van der Waals surface area contributed by atoms with Crippen LogP contribution in [0.5, 0.6) is 0 Å². The number of hydrogen-bond acceptors (Lipinski definition) is 6. The highest BCUT2D eigenvalue weighted by Gasteiger charge is 2.26. The quantitative estimate of drug-likeness (QED) is 0.0214. The van der Waals surface area contributed by atoms with E-state index in [1.165, 1.54) is 25.7 Å². The summed E-state index contributed by atoms with van der Waals surface area (Å²) in [7, 11) is 1.62. The standard InChI is InChI=1S/C56H94NO7P/c1-6-8-10-12-14-16-18-20-22-24-25-26-27-28-29-30-31-32-34-36-38-40-42-44-46-48-51-61-53-55(54-63-65(59,60)62-52-50-57(3,4)5)64-56(58)49-47-45-43-41-39-37-35-33-23-21-19-17-15-13-11-9-7-2/h8-11,14-17,20-23,25-26,28-29,31-32,35,37,55H,6-7,12-13,18-19,24,27,30,33-34,36,38-54H2,1-5H3/p+1/b10-8-,11-9-,16-14-,17-15-,22-20-,23-21-,26-25-,29-28-,32-31-,37-35-.